The summed E-state index contributed by atoms with van der Waals surface area (Å²) in [7, 11) is -9.78. The van der Waals surface area contributed by atoms with Gasteiger partial charge in [0.1, 0.15) is 25.4 Å². The number of carbonyl (C=O) groups excluding carboxylic acids is 3. The number of aliphatic hydroxyl groups excluding tert-OH is 2. The zero-order valence-electron chi connectivity index (χ0n) is 55.3. The second kappa shape index (κ2) is 64.3. The van der Waals surface area contributed by atoms with Gasteiger partial charge >= 0.3 is 33.6 Å². The summed E-state index contributed by atoms with van der Waals surface area (Å²) in [6.07, 6.45) is 71.4. The molecule has 0 aliphatic carbocycles. The molecule has 0 fully saturated rings. The van der Waals surface area contributed by atoms with E-state index in [1.165, 1.54) is 57.8 Å². The lowest BCUT2D eigenvalue weighted by Crippen LogP contribution is -2.30. The molecular formula is C71H122O16P2. The molecule has 0 saturated heterocycles. The summed E-state index contributed by atoms with van der Waals surface area (Å²) in [5, 5.41) is 20.5. The van der Waals surface area contributed by atoms with Crippen molar-refractivity contribution < 1.29 is 75.8 Å². The molecule has 0 aliphatic heterocycles. The fourth-order valence-corrected chi connectivity index (χ4v) is 10.3. The van der Waals surface area contributed by atoms with Crippen molar-refractivity contribution in [1.29, 1.82) is 0 Å². The second-order valence-corrected chi connectivity index (χ2v) is 25.5. The monoisotopic (exact) mass is 1290 g/mol. The average molecular weight is 1290 g/mol. The van der Waals surface area contributed by atoms with Crippen LogP contribution in [-0.2, 0) is 55.8 Å². The molecule has 0 aliphatic rings. The van der Waals surface area contributed by atoms with Crippen LogP contribution in [0.5, 0.6) is 0 Å². The van der Waals surface area contributed by atoms with Gasteiger partial charge in [-0.05, 0) is 109 Å². The molecule has 5 unspecified atom stereocenters. The van der Waals surface area contributed by atoms with Crippen LogP contribution in [0.15, 0.2) is 109 Å². The summed E-state index contributed by atoms with van der Waals surface area (Å²) in [5.41, 5.74) is 0. The summed E-state index contributed by atoms with van der Waals surface area (Å²) in [6.45, 7) is 2.47. The Morgan fingerprint density at radius 2 is 0.596 bits per heavy atom. The maximum atomic E-state index is 12.9. The zero-order chi connectivity index (χ0) is 65.3. The summed E-state index contributed by atoms with van der Waals surface area (Å²) >= 11 is 0. The van der Waals surface area contributed by atoms with Gasteiger partial charge in [-0.1, -0.05) is 246 Å². The molecule has 0 spiro atoms. The van der Waals surface area contributed by atoms with Crippen LogP contribution < -0.4 is 0 Å². The lowest BCUT2D eigenvalue weighted by atomic mass is 10.1. The van der Waals surface area contributed by atoms with E-state index >= 15 is 0 Å². The van der Waals surface area contributed by atoms with Crippen molar-refractivity contribution >= 4 is 33.6 Å². The van der Waals surface area contributed by atoms with E-state index in [2.05, 4.69) is 130 Å². The number of unbranched alkanes of at least 4 members (excludes halogenated alkanes) is 23. The van der Waals surface area contributed by atoms with E-state index in [1.807, 2.05) is 0 Å². The van der Waals surface area contributed by atoms with Gasteiger partial charge in [0, 0.05) is 19.3 Å². The Balaban J connectivity index is 4.60. The molecule has 0 saturated carbocycles. The van der Waals surface area contributed by atoms with E-state index in [0.29, 0.717) is 19.3 Å². The van der Waals surface area contributed by atoms with Crippen molar-refractivity contribution in [2.45, 2.75) is 283 Å². The van der Waals surface area contributed by atoms with E-state index in [9.17, 15) is 43.5 Å². The molecule has 18 heteroatoms. The third kappa shape index (κ3) is 65.5. The molecule has 0 aromatic heterocycles. The minimum Gasteiger partial charge on any atom is -0.463 e. The average Bonchev–Trinajstić information content (AvgIpc) is 3.54. The van der Waals surface area contributed by atoms with Gasteiger partial charge < -0.3 is 34.2 Å². The molecule has 89 heavy (non-hydrogen) atoms. The van der Waals surface area contributed by atoms with Crippen molar-refractivity contribution in [2.75, 3.05) is 39.6 Å². The number of carbonyl (C=O) groups is 3. The van der Waals surface area contributed by atoms with Crippen molar-refractivity contribution in [3.63, 3.8) is 0 Å². The van der Waals surface area contributed by atoms with Crippen LogP contribution in [0.4, 0.5) is 0 Å². The van der Waals surface area contributed by atoms with E-state index in [0.717, 1.165) is 148 Å². The maximum absolute atomic E-state index is 12.9. The SMILES string of the molecule is CC/C=C\C/C=C\C/C=C\C/C=C\C/C=C\C/C=C\CCCCCCC(=O)OCC(O)COP(=O)(O)OCC(O)COP(=O)(O)OCC(COC(=O)CCCCCCCC/C=C\C/C=C\C/C=C\CCCCC)OC(=O)CCCCCCCCCCCCC. The zero-order valence-corrected chi connectivity index (χ0v) is 57.1. The first kappa shape index (κ1) is 85.2. The minimum absolute atomic E-state index is 0.102. The van der Waals surface area contributed by atoms with Crippen molar-refractivity contribution in [3.8, 4) is 0 Å². The van der Waals surface area contributed by atoms with Crippen molar-refractivity contribution in [1.82, 2.24) is 0 Å². The molecule has 0 heterocycles. The Morgan fingerprint density at radius 1 is 0.326 bits per heavy atom. The number of esters is 3. The number of hydrogen-bond acceptors (Lipinski definition) is 14. The smallest absolute Gasteiger partial charge is 0.463 e. The Labute approximate surface area is 539 Å². The van der Waals surface area contributed by atoms with Crippen LogP contribution in [0, 0.1) is 0 Å². The molecule has 0 rings (SSSR count). The van der Waals surface area contributed by atoms with Crippen LogP contribution in [-0.4, -0.2) is 95.9 Å². The Morgan fingerprint density at radius 3 is 0.966 bits per heavy atom. The lowest BCUT2D eigenvalue weighted by Gasteiger charge is -2.21. The first-order valence-electron chi connectivity index (χ1n) is 34.2. The maximum Gasteiger partial charge on any atom is 0.472 e. The number of phosphoric ester groups is 2. The molecular weight excluding hydrogens is 1170 g/mol. The highest BCUT2D eigenvalue weighted by atomic mass is 31.2. The molecule has 5 atom stereocenters. The van der Waals surface area contributed by atoms with E-state index in [4.69, 9.17) is 32.3 Å². The highest BCUT2D eigenvalue weighted by Gasteiger charge is 2.29. The fraction of sp³-hybridized carbons (Fsp3) is 0.704. The summed E-state index contributed by atoms with van der Waals surface area (Å²) in [6, 6.07) is 0. The van der Waals surface area contributed by atoms with Gasteiger partial charge in [-0.15, -0.1) is 0 Å². The second-order valence-electron chi connectivity index (χ2n) is 22.6. The molecule has 0 radical (unpaired) electrons. The third-order valence-corrected chi connectivity index (χ3v) is 15.9. The standard InChI is InChI=1S/C71H122O16P2/c1-4-7-10-13-16-19-22-24-26-28-30-31-32-33-35-37-38-40-43-45-48-51-54-57-69(74)81-60-66(72)61-83-88(77,78)84-62-67(73)63-85-89(79,80)86-65-68(87-71(76)59-56-53-50-47-42-21-18-15-12-9-6-3)64-82-70(75)58-55-52-49-46-44-41-39-36-34-29-27-25-23-20-17-14-11-8-5-2/h7,10,16-17,19-20,24-27,30-31,33-36,38,40,66-68,72-73H,4-6,8-9,11-15,18,21-23,28-29,32,37,39,41-65H2,1-3H3,(H,77,78)(H,79,80)/b10-7-,19-16-,20-17-,26-24-,27-25-,31-30-,35-33-,36-34-,40-38-. The molecule has 4 N–H and O–H groups in total. The topological polar surface area (TPSA) is 231 Å². The first-order chi connectivity index (χ1) is 43.2. The summed E-state index contributed by atoms with van der Waals surface area (Å²) in [4.78, 5) is 58.3. The molecule has 0 aromatic carbocycles. The van der Waals surface area contributed by atoms with Crippen LogP contribution in [0.2, 0.25) is 0 Å². The summed E-state index contributed by atoms with van der Waals surface area (Å²) in [5.74, 6) is -1.61. The van der Waals surface area contributed by atoms with Crippen LogP contribution >= 0.6 is 15.6 Å². The van der Waals surface area contributed by atoms with Crippen molar-refractivity contribution in [3.05, 3.63) is 109 Å². The molecule has 0 bridgehead atoms. The molecule has 0 aromatic rings. The molecule has 0 amide bonds. The first-order valence-corrected chi connectivity index (χ1v) is 37.2. The normalized spacial score (nSPS) is 14.9. The minimum atomic E-state index is -4.92. The Kier molecular flexibility index (Phi) is 61.6. The van der Waals surface area contributed by atoms with Gasteiger partial charge in [-0.25, -0.2) is 9.13 Å². The predicted molar refractivity (Wildman–Crippen MR) is 362 cm³/mol. The highest BCUT2D eigenvalue weighted by Crippen LogP contribution is 2.45. The van der Waals surface area contributed by atoms with E-state index in [1.54, 1.807) is 0 Å². The fourth-order valence-electron chi connectivity index (χ4n) is 8.76. The Hall–Kier alpha value is -3.79. The van der Waals surface area contributed by atoms with Gasteiger partial charge in [0.25, 0.3) is 0 Å². The number of aliphatic hydroxyl groups is 2. The van der Waals surface area contributed by atoms with Crippen LogP contribution in [0.1, 0.15) is 265 Å². The van der Waals surface area contributed by atoms with Gasteiger partial charge in [0.15, 0.2) is 6.10 Å². The number of ether oxygens (including phenoxy) is 3. The molecule has 512 valence electrons. The van der Waals surface area contributed by atoms with Gasteiger partial charge in [0.2, 0.25) is 0 Å². The number of allylic oxidation sites excluding steroid dienone is 18. The molecule has 16 nitrogen and oxygen atoms in total. The quantitative estimate of drug-likeness (QED) is 0.0146. The van der Waals surface area contributed by atoms with E-state index in [-0.39, 0.29) is 19.3 Å². The number of rotatable bonds is 64. The van der Waals surface area contributed by atoms with Crippen LogP contribution in [0.25, 0.3) is 0 Å². The van der Waals surface area contributed by atoms with Crippen molar-refractivity contribution in [2.24, 2.45) is 0 Å². The van der Waals surface area contributed by atoms with E-state index < -0.39 is 91.5 Å². The van der Waals surface area contributed by atoms with Gasteiger partial charge in [-0.2, -0.15) is 0 Å². The largest absolute Gasteiger partial charge is 0.472 e. The Bertz CT molecular complexity index is 2060. The van der Waals surface area contributed by atoms with Gasteiger partial charge in [0.05, 0.1) is 26.4 Å². The number of hydrogen-bond donors (Lipinski definition) is 4. The summed E-state index contributed by atoms with van der Waals surface area (Å²) < 4.78 is 60.8. The lowest BCUT2D eigenvalue weighted by molar-refractivity contribution is -0.161. The van der Waals surface area contributed by atoms with Gasteiger partial charge in [-0.3, -0.25) is 32.5 Å². The van der Waals surface area contributed by atoms with Crippen LogP contribution in [0.3, 0.4) is 0 Å². The predicted octanol–water partition coefficient (Wildman–Crippen LogP) is 18.9. The third-order valence-electron chi connectivity index (χ3n) is 14.0. The number of phosphoric acid groups is 2. The highest BCUT2D eigenvalue weighted by molar-refractivity contribution is 7.47.